The van der Waals surface area contributed by atoms with Crippen molar-refractivity contribution < 1.29 is 18.7 Å². The Labute approximate surface area is 241 Å². The fraction of sp³-hybridized carbons (Fsp3) is 0.300. The maximum atomic E-state index is 15.7. The predicted molar refractivity (Wildman–Crippen MR) is 160 cm³/mol. The highest BCUT2D eigenvalue weighted by atomic mass is 19.1. The molecule has 220 valence electrons. The van der Waals surface area contributed by atoms with E-state index in [-0.39, 0.29) is 28.8 Å². The van der Waals surface area contributed by atoms with Crippen molar-refractivity contribution in [3.63, 3.8) is 0 Å². The zero-order valence-electron chi connectivity index (χ0n) is 23.7. The van der Waals surface area contributed by atoms with E-state index in [4.69, 9.17) is 5.73 Å². The molecule has 1 aliphatic rings. The van der Waals surface area contributed by atoms with Crippen LogP contribution in [0.25, 0.3) is 28.5 Å². The van der Waals surface area contributed by atoms with Crippen LogP contribution in [0.3, 0.4) is 0 Å². The van der Waals surface area contributed by atoms with Crippen molar-refractivity contribution in [1.29, 1.82) is 0 Å². The number of carbonyl (C=O) groups is 1. The highest BCUT2D eigenvalue weighted by molar-refractivity contribution is 5.91. The Bertz CT molecular complexity index is 1660. The van der Waals surface area contributed by atoms with Crippen LogP contribution >= 0.6 is 0 Å². The van der Waals surface area contributed by atoms with Gasteiger partial charge in [-0.25, -0.2) is 23.1 Å². The van der Waals surface area contributed by atoms with Crippen LogP contribution in [0.4, 0.5) is 14.6 Å². The second-order valence-corrected chi connectivity index (χ2v) is 10.0. The van der Waals surface area contributed by atoms with Crippen LogP contribution in [-0.4, -0.2) is 62.3 Å². The molecule has 4 rings (SSSR count). The van der Waals surface area contributed by atoms with Crippen LogP contribution < -0.4 is 16.3 Å². The van der Waals surface area contributed by atoms with Crippen molar-refractivity contribution in [2.24, 2.45) is 10.7 Å². The van der Waals surface area contributed by atoms with Gasteiger partial charge in [0.25, 0.3) is 0 Å². The molecule has 1 aromatic carbocycles. The minimum absolute atomic E-state index is 0.00444. The van der Waals surface area contributed by atoms with Crippen LogP contribution in [0.5, 0.6) is 5.75 Å². The number of carbonyl (C=O) groups excluding carboxylic acids is 1. The SMILES string of the molecule is C=CC(=O)N1CCN(c2nc(=O)n(/C=C(CCC)/N=C\C=C(\C)N)c3nc(-c4c(O)cccc4F)c(F)cc23)[C@@H](C)C1. The van der Waals surface area contributed by atoms with E-state index >= 15 is 4.39 Å². The number of fused-ring (bicyclic) bond motifs is 1. The van der Waals surface area contributed by atoms with E-state index in [0.717, 1.165) is 16.7 Å². The summed E-state index contributed by atoms with van der Waals surface area (Å²) in [4.78, 5) is 42.3. The Hall–Kier alpha value is -4.87. The quantitative estimate of drug-likeness (QED) is 0.303. The van der Waals surface area contributed by atoms with Gasteiger partial charge in [-0.2, -0.15) is 4.98 Å². The van der Waals surface area contributed by atoms with Crippen molar-refractivity contribution in [2.45, 2.75) is 39.7 Å². The number of hydrogen-bond acceptors (Lipinski definition) is 8. The third kappa shape index (κ3) is 6.22. The Morgan fingerprint density at radius 1 is 1.26 bits per heavy atom. The average Bonchev–Trinajstić information content (AvgIpc) is 2.94. The molecular formula is C30H33F2N7O3. The summed E-state index contributed by atoms with van der Waals surface area (Å²) in [5, 5.41) is 10.6. The van der Waals surface area contributed by atoms with Crippen LogP contribution in [0.2, 0.25) is 0 Å². The summed E-state index contributed by atoms with van der Waals surface area (Å²) < 4.78 is 31.6. The summed E-state index contributed by atoms with van der Waals surface area (Å²) in [6, 6.07) is 4.44. The zero-order chi connectivity index (χ0) is 30.6. The van der Waals surface area contributed by atoms with Gasteiger partial charge < -0.3 is 20.6 Å². The molecule has 1 amide bonds. The molecule has 0 bridgehead atoms. The molecule has 0 radical (unpaired) electrons. The maximum Gasteiger partial charge on any atom is 0.355 e. The number of piperazine rings is 1. The molecule has 1 saturated heterocycles. The largest absolute Gasteiger partial charge is 0.507 e. The molecule has 0 unspecified atom stereocenters. The monoisotopic (exact) mass is 577 g/mol. The van der Waals surface area contributed by atoms with Gasteiger partial charge >= 0.3 is 5.69 Å². The number of anilines is 1. The molecule has 2 aromatic heterocycles. The molecule has 3 heterocycles. The molecule has 12 heteroatoms. The lowest BCUT2D eigenvalue weighted by Gasteiger charge is -2.40. The number of halogens is 2. The van der Waals surface area contributed by atoms with E-state index in [9.17, 15) is 19.1 Å². The van der Waals surface area contributed by atoms with Gasteiger partial charge in [-0.3, -0.25) is 9.79 Å². The second-order valence-electron chi connectivity index (χ2n) is 10.0. The zero-order valence-corrected chi connectivity index (χ0v) is 23.7. The fourth-order valence-electron chi connectivity index (χ4n) is 4.80. The Balaban J connectivity index is 1.98. The fourth-order valence-corrected chi connectivity index (χ4v) is 4.80. The molecule has 10 nitrogen and oxygen atoms in total. The number of allylic oxidation sites excluding steroid dienone is 3. The molecule has 0 spiro atoms. The number of hydrogen-bond donors (Lipinski definition) is 2. The van der Waals surface area contributed by atoms with Gasteiger partial charge in [0, 0.05) is 43.8 Å². The third-order valence-corrected chi connectivity index (χ3v) is 6.81. The number of amides is 1. The number of aromatic nitrogens is 3. The lowest BCUT2D eigenvalue weighted by atomic mass is 10.1. The molecule has 3 N–H and O–H groups in total. The standard InChI is InChI=1S/C30H33F2N7O3/c1-5-8-20(34-12-11-18(3)33)17-39-28-21(15-23(32)27(35-28)26-22(31)9-7-10-24(26)40)29(36-30(39)42)38-14-13-37(16-19(38)4)25(41)6-2/h6-7,9-12,15,17,19,40H,2,5,8,13-14,16,33H2,1,3-4H3/b18-11-,20-17+,34-12-/t19-/m0/s1. The van der Waals surface area contributed by atoms with E-state index in [1.165, 1.54) is 30.6 Å². The van der Waals surface area contributed by atoms with Crippen LogP contribution in [0, 0.1) is 11.6 Å². The van der Waals surface area contributed by atoms with Gasteiger partial charge in [-0.15, -0.1) is 0 Å². The van der Waals surface area contributed by atoms with Crippen LogP contribution in [0.1, 0.15) is 33.6 Å². The average molecular weight is 578 g/mol. The van der Waals surface area contributed by atoms with E-state index in [2.05, 4.69) is 21.5 Å². The summed E-state index contributed by atoms with van der Waals surface area (Å²) in [5.74, 6) is -2.34. The van der Waals surface area contributed by atoms with Crippen molar-refractivity contribution in [3.05, 3.63) is 76.5 Å². The molecule has 0 saturated carbocycles. The molecule has 1 atom stereocenters. The highest BCUT2D eigenvalue weighted by Gasteiger charge is 2.30. The summed E-state index contributed by atoms with van der Waals surface area (Å²) in [7, 11) is 0. The minimum Gasteiger partial charge on any atom is -0.507 e. The number of benzene rings is 1. The molecular weight excluding hydrogens is 544 g/mol. The van der Waals surface area contributed by atoms with Gasteiger partial charge in [0.15, 0.2) is 11.5 Å². The Morgan fingerprint density at radius 3 is 2.67 bits per heavy atom. The topological polar surface area (TPSA) is 130 Å². The molecule has 3 aromatic rings. The molecule has 42 heavy (non-hydrogen) atoms. The Kier molecular flexibility index (Phi) is 9.14. The summed E-state index contributed by atoms with van der Waals surface area (Å²) in [5.41, 5.74) is 5.13. The first-order valence-corrected chi connectivity index (χ1v) is 13.5. The number of nitrogens with two attached hydrogens (primary N) is 1. The Morgan fingerprint density at radius 2 is 2.02 bits per heavy atom. The lowest BCUT2D eigenvalue weighted by molar-refractivity contribution is -0.126. The first-order valence-electron chi connectivity index (χ1n) is 13.5. The van der Waals surface area contributed by atoms with Crippen LogP contribution in [-0.2, 0) is 4.79 Å². The first-order chi connectivity index (χ1) is 20.0. The smallest absolute Gasteiger partial charge is 0.355 e. The van der Waals surface area contributed by atoms with Crippen molar-refractivity contribution in [3.8, 4) is 17.0 Å². The number of pyridine rings is 1. The van der Waals surface area contributed by atoms with Gasteiger partial charge in [-0.05, 0) is 50.6 Å². The first kappa shape index (κ1) is 30.1. The summed E-state index contributed by atoms with van der Waals surface area (Å²) in [6.45, 7) is 10.0. The maximum absolute atomic E-state index is 15.7. The van der Waals surface area contributed by atoms with E-state index in [1.807, 2.05) is 18.7 Å². The summed E-state index contributed by atoms with van der Waals surface area (Å²) >= 11 is 0. The number of aliphatic imine (C=N–C) groups is 1. The number of phenolic OH excluding ortho intramolecular Hbond substituents is 1. The van der Waals surface area contributed by atoms with Crippen molar-refractivity contribution in [2.75, 3.05) is 24.5 Å². The highest BCUT2D eigenvalue weighted by Crippen LogP contribution is 2.35. The molecule has 1 aliphatic heterocycles. The normalized spacial score (nSPS) is 16.5. The van der Waals surface area contributed by atoms with Gasteiger partial charge in [0.05, 0.1) is 16.6 Å². The predicted octanol–water partition coefficient (Wildman–Crippen LogP) is 4.20. The number of rotatable bonds is 8. The van der Waals surface area contributed by atoms with Gasteiger partial charge in [0.1, 0.15) is 23.1 Å². The van der Waals surface area contributed by atoms with E-state index in [0.29, 0.717) is 43.9 Å². The number of nitrogens with zero attached hydrogens (tertiary/aromatic N) is 6. The second kappa shape index (κ2) is 12.8. The third-order valence-electron chi connectivity index (χ3n) is 6.81. The van der Waals surface area contributed by atoms with E-state index in [1.54, 1.807) is 17.9 Å². The van der Waals surface area contributed by atoms with Gasteiger partial charge in [0.2, 0.25) is 5.91 Å². The minimum atomic E-state index is -0.913. The summed E-state index contributed by atoms with van der Waals surface area (Å²) in [6.07, 6.45) is 7.01. The van der Waals surface area contributed by atoms with Crippen LogP contribution in [0.15, 0.2) is 64.2 Å². The molecule has 0 aliphatic carbocycles. The number of phenols is 1. The van der Waals surface area contributed by atoms with Crippen molar-refractivity contribution in [1.82, 2.24) is 19.4 Å². The van der Waals surface area contributed by atoms with E-state index < -0.39 is 34.3 Å². The number of aromatic hydroxyl groups is 1. The lowest BCUT2D eigenvalue weighted by Crippen LogP contribution is -2.54. The molecule has 1 fully saturated rings. The van der Waals surface area contributed by atoms with Gasteiger partial charge in [-0.1, -0.05) is 26.0 Å². The van der Waals surface area contributed by atoms with Crippen molar-refractivity contribution >= 4 is 35.2 Å².